The molecule has 4 nitrogen and oxygen atoms in total. The molecule has 4 heteroatoms. The Morgan fingerprint density at radius 2 is 1.60 bits per heavy atom. The lowest BCUT2D eigenvalue weighted by Gasteiger charge is -2.14. The molecular weight excluding hydrogens is 314 g/mol. The van der Waals surface area contributed by atoms with E-state index in [-0.39, 0.29) is 18.6 Å². The summed E-state index contributed by atoms with van der Waals surface area (Å²) in [6.07, 6.45) is 1.71. The fourth-order valence-electron chi connectivity index (χ4n) is 2.83. The average molecular weight is 331 g/mol. The first-order chi connectivity index (χ1) is 12.3. The zero-order valence-electron chi connectivity index (χ0n) is 13.5. The Bertz CT molecular complexity index is 906. The van der Waals surface area contributed by atoms with Crippen LogP contribution in [0.5, 0.6) is 17.2 Å². The van der Waals surface area contributed by atoms with Gasteiger partial charge in [-0.15, -0.1) is 0 Å². The van der Waals surface area contributed by atoms with Crippen LogP contribution in [-0.4, -0.2) is 18.1 Å². The molecule has 3 aromatic rings. The van der Waals surface area contributed by atoms with Gasteiger partial charge in [-0.3, -0.25) is 4.99 Å². The number of aromatic hydroxyl groups is 1. The fourth-order valence-corrected chi connectivity index (χ4v) is 2.83. The first kappa shape index (κ1) is 15.3. The normalized spacial score (nSPS) is 13.9. The molecule has 1 unspecified atom stereocenters. The van der Waals surface area contributed by atoms with E-state index in [1.807, 2.05) is 60.7 Å². The lowest BCUT2D eigenvalue weighted by atomic mass is 9.99. The van der Waals surface area contributed by atoms with Crippen LogP contribution in [0, 0.1) is 0 Å². The van der Waals surface area contributed by atoms with Crippen molar-refractivity contribution in [1.82, 2.24) is 0 Å². The van der Waals surface area contributed by atoms with E-state index in [4.69, 9.17) is 14.5 Å². The molecule has 1 aliphatic heterocycles. The first-order valence-corrected chi connectivity index (χ1v) is 8.07. The molecule has 1 aliphatic rings. The summed E-state index contributed by atoms with van der Waals surface area (Å²) in [6.45, 7) is 0.246. The molecule has 1 heterocycles. The molecule has 0 fully saturated rings. The number of phenols is 1. The number of hydrogen-bond acceptors (Lipinski definition) is 4. The van der Waals surface area contributed by atoms with E-state index in [0.717, 1.165) is 22.6 Å². The third kappa shape index (κ3) is 3.19. The number of hydrogen-bond donors (Lipinski definition) is 1. The minimum absolute atomic E-state index is 0.199. The van der Waals surface area contributed by atoms with E-state index in [1.165, 1.54) is 0 Å². The van der Waals surface area contributed by atoms with Gasteiger partial charge in [0.2, 0.25) is 6.79 Å². The van der Waals surface area contributed by atoms with Gasteiger partial charge in [-0.05, 0) is 35.4 Å². The van der Waals surface area contributed by atoms with Crippen LogP contribution in [0.25, 0.3) is 0 Å². The Labute approximate surface area is 146 Å². The lowest BCUT2D eigenvalue weighted by molar-refractivity contribution is 0.174. The summed E-state index contributed by atoms with van der Waals surface area (Å²) in [7, 11) is 0. The summed E-state index contributed by atoms with van der Waals surface area (Å²) < 4.78 is 10.9. The zero-order valence-corrected chi connectivity index (χ0v) is 13.5. The van der Waals surface area contributed by atoms with Crippen molar-refractivity contribution >= 4 is 6.21 Å². The Morgan fingerprint density at radius 1 is 0.840 bits per heavy atom. The van der Waals surface area contributed by atoms with Crippen molar-refractivity contribution in [2.45, 2.75) is 6.04 Å². The van der Waals surface area contributed by atoms with Gasteiger partial charge in [0.15, 0.2) is 11.5 Å². The quantitative estimate of drug-likeness (QED) is 0.724. The second kappa shape index (κ2) is 6.69. The van der Waals surface area contributed by atoms with Crippen molar-refractivity contribution in [2.75, 3.05) is 6.79 Å². The Hall–Kier alpha value is -3.27. The number of para-hydroxylation sites is 1. The third-order valence-electron chi connectivity index (χ3n) is 4.13. The van der Waals surface area contributed by atoms with Crippen LogP contribution < -0.4 is 9.47 Å². The van der Waals surface area contributed by atoms with Crippen molar-refractivity contribution in [2.24, 2.45) is 4.99 Å². The molecule has 0 aliphatic carbocycles. The van der Waals surface area contributed by atoms with Crippen molar-refractivity contribution in [3.63, 3.8) is 0 Å². The van der Waals surface area contributed by atoms with Gasteiger partial charge in [0, 0.05) is 11.8 Å². The van der Waals surface area contributed by atoms with E-state index < -0.39 is 0 Å². The molecule has 4 rings (SSSR count). The minimum atomic E-state index is -0.199. The van der Waals surface area contributed by atoms with Crippen LogP contribution in [0.15, 0.2) is 77.8 Å². The summed E-state index contributed by atoms with van der Waals surface area (Å²) in [5.41, 5.74) is 2.75. The molecule has 0 saturated heterocycles. The number of ether oxygens (including phenoxy) is 2. The molecule has 124 valence electrons. The first-order valence-electron chi connectivity index (χ1n) is 8.07. The van der Waals surface area contributed by atoms with Crippen LogP contribution in [0.4, 0.5) is 0 Å². The second-order valence-electron chi connectivity index (χ2n) is 5.76. The maximum absolute atomic E-state index is 9.96. The zero-order chi connectivity index (χ0) is 17.1. The molecule has 1 N–H and O–H groups in total. The SMILES string of the molecule is Oc1ccccc1C=NC(c1ccccc1)c1ccc2c(c1)OCO2. The standard InChI is InChI=1S/C21H17NO3/c23-18-9-5-4-8-17(18)13-22-21(15-6-2-1-3-7-15)16-10-11-19-20(12-16)25-14-24-19/h1-13,21,23H,14H2. The Morgan fingerprint density at radius 3 is 2.44 bits per heavy atom. The molecule has 0 radical (unpaired) electrons. The third-order valence-corrected chi connectivity index (χ3v) is 4.13. The number of nitrogens with zero attached hydrogens (tertiary/aromatic N) is 1. The number of rotatable bonds is 4. The van der Waals surface area contributed by atoms with Crippen LogP contribution in [0.1, 0.15) is 22.7 Å². The predicted octanol–water partition coefficient (Wildman–Crippen LogP) is 4.33. The van der Waals surface area contributed by atoms with E-state index in [9.17, 15) is 5.11 Å². The van der Waals surface area contributed by atoms with Gasteiger partial charge in [0.25, 0.3) is 0 Å². The molecule has 25 heavy (non-hydrogen) atoms. The summed E-state index contributed by atoms with van der Waals surface area (Å²) in [5.74, 6) is 1.69. The van der Waals surface area contributed by atoms with E-state index in [2.05, 4.69) is 0 Å². The monoisotopic (exact) mass is 331 g/mol. The summed E-state index contributed by atoms with van der Waals surface area (Å²) in [5, 5.41) is 9.96. The van der Waals surface area contributed by atoms with E-state index in [0.29, 0.717) is 5.56 Å². The second-order valence-corrected chi connectivity index (χ2v) is 5.76. The molecule has 0 spiro atoms. The summed E-state index contributed by atoms with van der Waals surface area (Å²) >= 11 is 0. The van der Waals surface area contributed by atoms with E-state index in [1.54, 1.807) is 18.3 Å². The van der Waals surface area contributed by atoms with Gasteiger partial charge >= 0.3 is 0 Å². The molecular formula is C21H17NO3. The molecule has 3 aromatic carbocycles. The maximum Gasteiger partial charge on any atom is 0.231 e. The molecule has 0 bridgehead atoms. The van der Waals surface area contributed by atoms with Gasteiger partial charge in [-0.25, -0.2) is 0 Å². The minimum Gasteiger partial charge on any atom is -0.507 e. The van der Waals surface area contributed by atoms with Crippen LogP contribution in [0.3, 0.4) is 0 Å². The van der Waals surface area contributed by atoms with Crippen LogP contribution in [0.2, 0.25) is 0 Å². The molecule has 0 saturated carbocycles. The predicted molar refractivity (Wildman–Crippen MR) is 96.6 cm³/mol. The highest BCUT2D eigenvalue weighted by molar-refractivity contribution is 5.83. The smallest absolute Gasteiger partial charge is 0.231 e. The van der Waals surface area contributed by atoms with Gasteiger partial charge < -0.3 is 14.6 Å². The van der Waals surface area contributed by atoms with Crippen LogP contribution in [-0.2, 0) is 0 Å². The van der Waals surface area contributed by atoms with E-state index >= 15 is 0 Å². The van der Waals surface area contributed by atoms with Crippen molar-refractivity contribution in [1.29, 1.82) is 0 Å². The lowest BCUT2D eigenvalue weighted by Crippen LogP contribution is -1.99. The van der Waals surface area contributed by atoms with Crippen molar-refractivity contribution in [3.05, 3.63) is 89.5 Å². The van der Waals surface area contributed by atoms with Crippen molar-refractivity contribution < 1.29 is 14.6 Å². The topological polar surface area (TPSA) is 51.1 Å². The van der Waals surface area contributed by atoms with Crippen molar-refractivity contribution in [3.8, 4) is 17.2 Å². The summed E-state index contributed by atoms with van der Waals surface area (Å²) in [4.78, 5) is 4.74. The fraction of sp³-hybridized carbons (Fsp3) is 0.0952. The van der Waals surface area contributed by atoms with Crippen LogP contribution >= 0.6 is 0 Å². The number of aliphatic imine (C=N–C) groups is 1. The van der Waals surface area contributed by atoms with Gasteiger partial charge in [0.05, 0.1) is 0 Å². The largest absolute Gasteiger partial charge is 0.507 e. The number of phenolic OH excluding ortho intramolecular Hbond substituents is 1. The molecule has 0 amide bonds. The summed E-state index contributed by atoms with van der Waals surface area (Å²) in [6, 6.07) is 22.9. The molecule has 0 aromatic heterocycles. The van der Waals surface area contributed by atoms with Gasteiger partial charge in [-0.1, -0.05) is 48.5 Å². The highest BCUT2D eigenvalue weighted by atomic mass is 16.7. The molecule has 1 atom stereocenters. The highest BCUT2D eigenvalue weighted by Gasteiger charge is 2.18. The Kier molecular flexibility index (Phi) is 4.09. The highest BCUT2D eigenvalue weighted by Crippen LogP contribution is 2.37. The van der Waals surface area contributed by atoms with Gasteiger partial charge in [-0.2, -0.15) is 0 Å². The Balaban J connectivity index is 1.74. The van der Waals surface area contributed by atoms with Gasteiger partial charge in [0.1, 0.15) is 11.8 Å². The number of fused-ring (bicyclic) bond motifs is 1. The maximum atomic E-state index is 9.96. The number of benzene rings is 3. The average Bonchev–Trinajstić information content (AvgIpc) is 3.12.